The molecule has 2 aromatic carbocycles. The van der Waals surface area contributed by atoms with Gasteiger partial charge < -0.3 is 0 Å². The Bertz CT molecular complexity index is 831. The van der Waals surface area contributed by atoms with Crippen molar-refractivity contribution in [2.24, 2.45) is 0 Å². The second kappa shape index (κ2) is 7.21. The normalized spacial score (nSPS) is 12.3. The van der Waals surface area contributed by atoms with Crippen molar-refractivity contribution in [1.82, 2.24) is 0 Å². The predicted octanol–water partition coefficient (Wildman–Crippen LogP) is 3.63. The molecule has 0 bridgehead atoms. The highest BCUT2D eigenvalue weighted by atomic mass is 35.5. The Balaban J connectivity index is 2.11. The molecule has 0 saturated heterocycles. The Hall–Kier alpha value is -1.08. The van der Waals surface area contributed by atoms with Crippen LogP contribution in [0.5, 0.6) is 0 Å². The number of halogens is 2. The van der Waals surface area contributed by atoms with Crippen molar-refractivity contribution in [2.45, 2.75) is 16.2 Å². The molecule has 0 radical (unpaired) electrons. The van der Waals surface area contributed by atoms with Crippen LogP contribution >= 0.6 is 23.2 Å². The van der Waals surface area contributed by atoms with Crippen LogP contribution in [0.4, 0.5) is 0 Å². The summed E-state index contributed by atoms with van der Waals surface area (Å²) in [7, 11) is -7.27. The Labute approximate surface area is 145 Å². The predicted molar refractivity (Wildman–Crippen MR) is 91.6 cm³/mol. The van der Waals surface area contributed by atoms with Crippen LogP contribution in [0.15, 0.2) is 58.3 Å². The Morgan fingerprint density at radius 1 is 0.652 bits per heavy atom. The van der Waals surface area contributed by atoms with Gasteiger partial charge in [-0.2, -0.15) is 0 Å². The number of benzene rings is 2. The lowest BCUT2D eigenvalue weighted by Gasteiger charge is -2.08. The van der Waals surface area contributed by atoms with Crippen LogP contribution in [0.1, 0.15) is 6.42 Å². The van der Waals surface area contributed by atoms with Gasteiger partial charge in [-0.15, -0.1) is 0 Å². The van der Waals surface area contributed by atoms with E-state index in [0.717, 1.165) is 0 Å². The third-order valence-electron chi connectivity index (χ3n) is 3.17. The van der Waals surface area contributed by atoms with Crippen molar-refractivity contribution in [3.8, 4) is 0 Å². The lowest BCUT2D eigenvalue weighted by Crippen LogP contribution is -2.14. The molecular formula is C15H14Cl2O4S2. The lowest BCUT2D eigenvalue weighted by atomic mass is 10.4. The molecule has 0 aliphatic carbocycles. The van der Waals surface area contributed by atoms with E-state index in [9.17, 15) is 16.8 Å². The maximum absolute atomic E-state index is 12.2. The van der Waals surface area contributed by atoms with Gasteiger partial charge in [0.05, 0.1) is 31.3 Å². The summed E-state index contributed by atoms with van der Waals surface area (Å²) in [5.74, 6) is -0.610. The molecule has 23 heavy (non-hydrogen) atoms. The minimum absolute atomic E-state index is 0.0109. The summed E-state index contributed by atoms with van der Waals surface area (Å²) in [6, 6.07) is 12.2. The third kappa shape index (κ3) is 4.47. The second-order valence-electron chi connectivity index (χ2n) is 4.85. The SMILES string of the molecule is O=S(=O)(CCCS(=O)(=O)c1ccccc1Cl)c1ccccc1Cl. The van der Waals surface area contributed by atoms with E-state index in [1.165, 1.54) is 24.3 Å². The summed E-state index contributed by atoms with van der Waals surface area (Å²) in [5.41, 5.74) is 0. The van der Waals surface area contributed by atoms with Gasteiger partial charge >= 0.3 is 0 Å². The molecule has 124 valence electrons. The number of hydrogen-bond donors (Lipinski definition) is 0. The van der Waals surface area contributed by atoms with Gasteiger partial charge in [0.15, 0.2) is 19.7 Å². The standard InChI is InChI=1S/C15H14Cl2O4S2/c16-12-6-1-3-8-14(12)22(18,19)10-5-11-23(20,21)15-9-4-2-7-13(15)17/h1-4,6-9H,5,10-11H2. The van der Waals surface area contributed by atoms with Crippen LogP contribution in [-0.2, 0) is 19.7 Å². The van der Waals surface area contributed by atoms with Crippen molar-refractivity contribution in [3.63, 3.8) is 0 Å². The minimum Gasteiger partial charge on any atom is -0.224 e. The monoisotopic (exact) mass is 392 g/mol. The molecule has 0 heterocycles. The molecule has 0 aliphatic rings. The summed E-state index contributed by atoms with van der Waals surface area (Å²) in [4.78, 5) is 0.0219. The van der Waals surface area contributed by atoms with Crippen molar-refractivity contribution < 1.29 is 16.8 Å². The molecule has 2 aromatic rings. The van der Waals surface area contributed by atoms with E-state index in [4.69, 9.17) is 23.2 Å². The van der Waals surface area contributed by atoms with E-state index >= 15 is 0 Å². The zero-order valence-electron chi connectivity index (χ0n) is 11.9. The first-order chi connectivity index (χ1) is 10.7. The van der Waals surface area contributed by atoms with E-state index in [1.807, 2.05) is 0 Å². The number of rotatable bonds is 6. The van der Waals surface area contributed by atoms with Gasteiger partial charge in [-0.25, -0.2) is 16.8 Å². The van der Waals surface area contributed by atoms with Gasteiger partial charge in [0, 0.05) is 0 Å². The van der Waals surface area contributed by atoms with E-state index in [1.54, 1.807) is 24.3 Å². The van der Waals surface area contributed by atoms with Crippen molar-refractivity contribution in [1.29, 1.82) is 0 Å². The fraction of sp³-hybridized carbons (Fsp3) is 0.200. The van der Waals surface area contributed by atoms with Gasteiger partial charge in [-0.3, -0.25) is 0 Å². The van der Waals surface area contributed by atoms with Crippen LogP contribution in [0.2, 0.25) is 10.0 Å². The molecule has 0 N–H and O–H groups in total. The molecule has 0 aromatic heterocycles. The molecule has 0 fully saturated rings. The number of sulfone groups is 2. The first kappa shape index (κ1) is 18.3. The summed E-state index contributed by atoms with van der Waals surface area (Å²) in [5, 5.41) is 0.253. The van der Waals surface area contributed by atoms with Gasteiger partial charge in [0.1, 0.15) is 0 Å². The summed E-state index contributed by atoms with van der Waals surface area (Å²) >= 11 is 11.8. The first-order valence-corrected chi connectivity index (χ1v) is 10.7. The highest BCUT2D eigenvalue weighted by Gasteiger charge is 2.21. The molecular weight excluding hydrogens is 379 g/mol. The Morgan fingerprint density at radius 3 is 1.35 bits per heavy atom. The molecule has 0 atom stereocenters. The molecule has 0 amide bonds. The average Bonchev–Trinajstić information content (AvgIpc) is 2.47. The highest BCUT2D eigenvalue weighted by Crippen LogP contribution is 2.24. The third-order valence-corrected chi connectivity index (χ3v) is 7.76. The Morgan fingerprint density at radius 2 is 1.00 bits per heavy atom. The van der Waals surface area contributed by atoms with Gasteiger partial charge in [-0.05, 0) is 30.7 Å². The van der Waals surface area contributed by atoms with E-state index in [-0.39, 0.29) is 37.8 Å². The van der Waals surface area contributed by atoms with E-state index in [2.05, 4.69) is 0 Å². The highest BCUT2D eigenvalue weighted by molar-refractivity contribution is 7.92. The summed E-state index contributed by atoms with van der Waals surface area (Å²) in [6.45, 7) is 0. The van der Waals surface area contributed by atoms with Crippen LogP contribution in [0.25, 0.3) is 0 Å². The van der Waals surface area contributed by atoms with Crippen LogP contribution in [-0.4, -0.2) is 28.3 Å². The van der Waals surface area contributed by atoms with E-state index in [0.29, 0.717) is 0 Å². The van der Waals surface area contributed by atoms with Crippen molar-refractivity contribution >= 4 is 42.9 Å². The van der Waals surface area contributed by atoms with Crippen LogP contribution < -0.4 is 0 Å². The molecule has 4 nitrogen and oxygen atoms in total. The zero-order valence-corrected chi connectivity index (χ0v) is 15.1. The largest absolute Gasteiger partial charge is 0.224 e. The van der Waals surface area contributed by atoms with Gasteiger partial charge in [0.2, 0.25) is 0 Å². The quantitative estimate of drug-likeness (QED) is 0.752. The van der Waals surface area contributed by atoms with E-state index < -0.39 is 19.7 Å². The summed E-state index contributed by atoms with van der Waals surface area (Å²) in [6.07, 6.45) is -0.0406. The fourth-order valence-corrected chi connectivity index (χ4v) is 6.00. The summed E-state index contributed by atoms with van der Waals surface area (Å²) < 4.78 is 48.9. The Kier molecular flexibility index (Phi) is 5.73. The van der Waals surface area contributed by atoms with Crippen LogP contribution in [0, 0.1) is 0 Å². The minimum atomic E-state index is -3.64. The molecule has 0 spiro atoms. The molecule has 0 saturated carbocycles. The fourth-order valence-electron chi connectivity index (χ4n) is 2.05. The van der Waals surface area contributed by atoms with Crippen LogP contribution in [0.3, 0.4) is 0 Å². The van der Waals surface area contributed by atoms with Gasteiger partial charge in [0.25, 0.3) is 0 Å². The smallest absolute Gasteiger partial charge is 0.179 e. The molecule has 0 aliphatic heterocycles. The first-order valence-electron chi connectivity index (χ1n) is 6.68. The maximum Gasteiger partial charge on any atom is 0.179 e. The zero-order chi connectivity index (χ0) is 17.1. The van der Waals surface area contributed by atoms with Crippen molar-refractivity contribution in [2.75, 3.05) is 11.5 Å². The molecule has 0 unspecified atom stereocenters. The topological polar surface area (TPSA) is 68.3 Å². The molecule has 2 rings (SSSR count). The maximum atomic E-state index is 12.2. The molecule has 8 heteroatoms. The lowest BCUT2D eigenvalue weighted by molar-refractivity contribution is 0.590. The second-order valence-corrected chi connectivity index (χ2v) is 9.82. The average molecular weight is 393 g/mol. The number of hydrogen-bond acceptors (Lipinski definition) is 4. The van der Waals surface area contributed by atoms with Gasteiger partial charge in [-0.1, -0.05) is 47.5 Å². The van der Waals surface area contributed by atoms with Crippen molar-refractivity contribution in [3.05, 3.63) is 58.6 Å².